The van der Waals surface area contributed by atoms with E-state index >= 15 is 0 Å². The molecule has 0 unspecified atom stereocenters. The fraction of sp³-hybridized carbons (Fsp3) is 0.278. The maximum absolute atomic E-state index is 11.3. The third-order valence-corrected chi connectivity index (χ3v) is 4.02. The zero-order chi connectivity index (χ0) is 15.5. The van der Waals surface area contributed by atoms with Crippen molar-refractivity contribution in [2.45, 2.75) is 26.0 Å². The van der Waals surface area contributed by atoms with Gasteiger partial charge in [0.25, 0.3) is 5.91 Å². The quantitative estimate of drug-likeness (QED) is 0.909. The summed E-state index contributed by atoms with van der Waals surface area (Å²) in [5.41, 5.74) is 10.2. The van der Waals surface area contributed by atoms with Gasteiger partial charge in [0.1, 0.15) is 5.75 Å². The molecule has 3 N–H and O–H groups in total. The second kappa shape index (κ2) is 6.20. The summed E-state index contributed by atoms with van der Waals surface area (Å²) in [7, 11) is 0. The molecule has 0 fully saturated rings. The van der Waals surface area contributed by atoms with Gasteiger partial charge >= 0.3 is 0 Å². The Morgan fingerprint density at radius 2 is 1.95 bits per heavy atom. The number of para-hydroxylation sites is 1. The number of rotatable bonds is 4. The van der Waals surface area contributed by atoms with Gasteiger partial charge in [-0.15, -0.1) is 0 Å². The van der Waals surface area contributed by atoms with Crippen molar-refractivity contribution >= 4 is 5.91 Å². The molecule has 1 aliphatic heterocycles. The van der Waals surface area contributed by atoms with Gasteiger partial charge in [0.2, 0.25) is 0 Å². The zero-order valence-corrected chi connectivity index (χ0v) is 12.6. The molecular formula is C18H20N2O2. The number of nitrogens with one attached hydrogen (secondary N) is 1. The third-order valence-electron chi connectivity index (χ3n) is 4.02. The molecule has 2 aromatic rings. The van der Waals surface area contributed by atoms with Crippen LogP contribution >= 0.6 is 0 Å². The Morgan fingerprint density at radius 3 is 2.77 bits per heavy atom. The fourth-order valence-electron chi connectivity index (χ4n) is 2.82. The number of carbonyl (C=O) groups excluding carboxylic acids is 1. The molecule has 1 amide bonds. The van der Waals surface area contributed by atoms with Gasteiger partial charge < -0.3 is 15.8 Å². The van der Waals surface area contributed by atoms with Crippen molar-refractivity contribution < 1.29 is 9.53 Å². The highest BCUT2D eigenvalue weighted by Gasteiger charge is 2.18. The van der Waals surface area contributed by atoms with Crippen LogP contribution in [0.2, 0.25) is 0 Å². The van der Waals surface area contributed by atoms with Gasteiger partial charge in [-0.25, -0.2) is 0 Å². The normalized spacial score (nSPS) is 15.0. The topological polar surface area (TPSA) is 64.3 Å². The monoisotopic (exact) mass is 296 g/mol. The van der Waals surface area contributed by atoms with Gasteiger partial charge in [-0.05, 0) is 42.6 Å². The van der Waals surface area contributed by atoms with E-state index in [9.17, 15) is 4.79 Å². The van der Waals surface area contributed by atoms with E-state index in [2.05, 4.69) is 23.5 Å². The number of amides is 1. The Bertz CT molecular complexity index is 697. The summed E-state index contributed by atoms with van der Waals surface area (Å²) < 4.78 is 5.76. The first-order chi connectivity index (χ1) is 10.7. The molecule has 3 rings (SSSR count). The van der Waals surface area contributed by atoms with Crippen LogP contribution in [0.15, 0.2) is 42.5 Å². The van der Waals surface area contributed by atoms with Gasteiger partial charge in [0.15, 0.2) is 6.10 Å². The first-order valence-electron chi connectivity index (χ1n) is 7.53. The minimum Gasteiger partial charge on any atom is -0.480 e. The van der Waals surface area contributed by atoms with Gasteiger partial charge in [0, 0.05) is 12.1 Å². The molecular weight excluding hydrogens is 276 g/mol. The molecule has 0 saturated carbocycles. The third kappa shape index (κ3) is 2.83. The summed E-state index contributed by atoms with van der Waals surface area (Å²) in [6, 6.07) is 14.1. The number of benzene rings is 2. The SMILES string of the molecule is C[C@H](Oc1ccccc1-c1cccc2c1CCNC2)C(N)=O. The van der Waals surface area contributed by atoms with E-state index in [1.54, 1.807) is 6.92 Å². The molecule has 0 bridgehead atoms. The molecule has 0 radical (unpaired) electrons. The second-order valence-corrected chi connectivity index (χ2v) is 5.53. The number of ether oxygens (including phenoxy) is 1. The molecule has 0 spiro atoms. The van der Waals surface area contributed by atoms with E-state index in [0.717, 1.165) is 25.1 Å². The zero-order valence-electron chi connectivity index (χ0n) is 12.6. The lowest BCUT2D eigenvalue weighted by Crippen LogP contribution is -2.30. The van der Waals surface area contributed by atoms with Crippen LogP contribution in [0.25, 0.3) is 11.1 Å². The van der Waals surface area contributed by atoms with E-state index in [4.69, 9.17) is 10.5 Å². The Labute approximate surface area is 130 Å². The number of carbonyl (C=O) groups is 1. The van der Waals surface area contributed by atoms with Crippen LogP contribution in [0.4, 0.5) is 0 Å². The highest BCUT2D eigenvalue weighted by molar-refractivity contribution is 5.80. The number of hydrogen-bond donors (Lipinski definition) is 2. The fourth-order valence-corrected chi connectivity index (χ4v) is 2.82. The van der Waals surface area contributed by atoms with E-state index in [-0.39, 0.29) is 0 Å². The first-order valence-corrected chi connectivity index (χ1v) is 7.53. The molecule has 1 atom stereocenters. The number of nitrogens with two attached hydrogens (primary N) is 1. The first kappa shape index (κ1) is 14.6. The predicted molar refractivity (Wildman–Crippen MR) is 86.6 cm³/mol. The standard InChI is InChI=1S/C18H20N2O2/c1-12(18(19)21)22-17-8-3-2-6-16(17)15-7-4-5-13-11-20-10-9-14(13)15/h2-8,12,20H,9-11H2,1H3,(H2,19,21)/t12-/m0/s1. The highest BCUT2D eigenvalue weighted by atomic mass is 16.5. The Balaban J connectivity index is 2.04. The van der Waals surface area contributed by atoms with E-state index in [0.29, 0.717) is 5.75 Å². The summed E-state index contributed by atoms with van der Waals surface area (Å²) in [6.45, 7) is 3.54. The van der Waals surface area contributed by atoms with Crippen LogP contribution in [0, 0.1) is 0 Å². The molecule has 22 heavy (non-hydrogen) atoms. The van der Waals surface area contributed by atoms with E-state index < -0.39 is 12.0 Å². The van der Waals surface area contributed by atoms with Crippen LogP contribution in [-0.4, -0.2) is 18.6 Å². The number of hydrogen-bond acceptors (Lipinski definition) is 3. The summed E-state index contributed by atoms with van der Waals surface area (Å²) in [5, 5.41) is 3.39. The summed E-state index contributed by atoms with van der Waals surface area (Å²) in [4.78, 5) is 11.3. The van der Waals surface area contributed by atoms with Gasteiger partial charge in [-0.2, -0.15) is 0 Å². The largest absolute Gasteiger partial charge is 0.480 e. The summed E-state index contributed by atoms with van der Waals surface area (Å²) >= 11 is 0. The smallest absolute Gasteiger partial charge is 0.258 e. The number of fused-ring (bicyclic) bond motifs is 1. The molecule has 1 aliphatic rings. The van der Waals surface area contributed by atoms with Gasteiger partial charge in [0.05, 0.1) is 0 Å². The molecule has 1 heterocycles. The van der Waals surface area contributed by atoms with E-state index in [1.807, 2.05) is 24.3 Å². The van der Waals surface area contributed by atoms with Crippen LogP contribution in [0.5, 0.6) is 5.75 Å². The van der Waals surface area contributed by atoms with Crippen molar-refractivity contribution in [2.24, 2.45) is 5.73 Å². The highest BCUT2D eigenvalue weighted by Crippen LogP contribution is 2.35. The van der Waals surface area contributed by atoms with Crippen molar-refractivity contribution in [3.05, 3.63) is 53.6 Å². The van der Waals surface area contributed by atoms with Crippen LogP contribution < -0.4 is 15.8 Å². The molecule has 4 heteroatoms. The predicted octanol–water partition coefficient (Wildman–Crippen LogP) is 2.25. The summed E-state index contributed by atoms with van der Waals surface area (Å²) in [5.74, 6) is 0.231. The van der Waals surface area contributed by atoms with Crippen molar-refractivity contribution in [1.82, 2.24) is 5.32 Å². The average Bonchev–Trinajstić information content (AvgIpc) is 2.55. The molecule has 0 aliphatic carbocycles. The van der Waals surface area contributed by atoms with Crippen molar-refractivity contribution in [2.75, 3.05) is 6.54 Å². The van der Waals surface area contributed by atoms with Gasteiger partial charge in [-0.1, -0.05) is 36.4 Å². The minimum absolute atomic E-state index is 0.464. The lowest BCUT2D eigenvalue weighted by molar-refractivity contribution is -0.123. The lowest BCUT2D eigenvalue weighted by Gasteiger charge is -2.22. The second-order valence-electron chi connectivity index (χ2n) is 5.53. The number of primary amides is 1. The Hall–Kier alpha value is -2.33. The van der Waals surface area contributed by atoms with Crippen molar-refractivity contribution in [1.29, 1.82) is 0 Å². The van der Waals surface area contributed by atoms with Crippen LogP contribution in [0.3, 0.4) is 0 Å². The summed E-state index contributed by atoms with van der Waals surface area (Å²) in [6.07, 6.45) is 0.341. The molecule has 4 nitrogen and oxygen atoms in total. The minimum atomic E-state index is -0.651. The van der Waals surface area contributed by atoms with Crippen molar-refractivity contribution in [3.63, 3.8) is 0 Å². The molecule has 114 valence electrons. The lowest BCUT2D eigenvalue weighted by atomic mass is 9.91. The van der Waals surface area contributed by atoms with Crippen LogP contribution in [-0.2, 0) is 17.8 Å². The maximum atomic E-state index is 11.3. The molecule has 2 aromatic carbocycles. The van der Waals surface area contributed by atoms with E-state index in [1.165, 1.54) is 16.7 Å². The molecule has 0 aromatic heterocycles. The van der Waals surface area contributed by atoms with Gasteiger partial charge in [-0.3, -0.25) is 4.79 Å². The average molecular weight is 296 g/mol. The Kier molecular flexibility index (Phi) is 4.11. The Morgan fingerprint density at radius 1 is 1.18 bits per heavy atom. The maximum Gasteiger partial charge on any atom is 0.258 e. The van der Waals surface area contributed by atoms with Crippen molar-refractivity contribution in [3.8, 4) is 16.9 Å². The van der Waals surface area contributed by atoms with Crippen LogP contribution in [0.1, 0.15) is 18.1 Å². The molecule has 0 saturated heterocycles.